The molecule has 0 spiro atoms. The highest BCUT2D eigenvalue weighted by molar-refractivity contribution is 7.84. The molecule has 0 saturated heterocycles. The summed E-state index contributed by atoms with van der Waals surface area (Å²) in [6.45, 7) is 15.2. The van der Waals surface area contributed by atoms with E-state index < -0.39 is 16.4 Å². The summed E-state index contributed by atoms with van der Waals surface area (Å²) < 4.78 is 20.5. The van der Waals surface area contributed by atoms with Crippen molar-refractivity contribution < 1.29 is 13.7 Å². The zero-order valence-corrected chi connectivity index (χ0v) is 16.9. The van der Waals surface area contributed by atoms with E-state index in [0.29, 0.717) is 0 Å². The van der Waals surface area contributed by atoms with Gasteiger partial charge in [-0.25, -0.2) is 8.93 Å². The second-order valence-corrected chi connectivity index (χ2v) is 9.92. The Morgan fingerprint density at radius 3 is 2.21 bits per heavy atom. The third kappa shape index (κ3) is 5.42. The van der Waals surface area contributed by atoms with Gasteiger partial charge in [-0.3, -0.25) is 4.79 Å². The minimum Gasteiger partial charge on any atom is -0.462 e. The Labute approximate surface area is 149 Å². The summed E-state index contributed by atoms with van der Waals surface area (Å²) >= 11 is 0. The summed E-state index contributed by atoms with van der Waals surface area (Å²) in [5, 5.41) is 0. The fourth-order valence-corrected chi connectivity index (χ4v) is 2.89. The van der Waals surface area contributed by atoms with Crippen LogP contribution in [0.15, 0.2) is 24.3 Å². The summed E-state index contributed by atoms with van der Waals surface area (Å²) in [5.41, 5.74) is 1.15. The fourth-order valence-electron chi connectivity index (χ4n) is 2.08. The number of nitrogens with one attached hydrogen (secondary N) is 1. The van der Waals surface area contributed by atoms with Crippen LogP contribution in [0, 0.1) is 0 Å². The lowest BCUT2D eigenvalue weighted by Crippen LogP contribution is -2.35. The van der Waals surface area contributed by atoms with Crippen molar-refractivity contribution in [1.29, 1.82) is 0 Å². The summed E-state index contributed by atoms with van der Waals surface area (Å²) in [6, 6.07) is 7.73. The second-order valence-electron chi connectivity index (χ2n) is 7.93. The molecule has 1 N–H and O–H groups in total. The van der Waals surface area contributed by atoms with Crippen molar-refractivity contribution in [2.75, 3.05) is 0 Å². The highest BCUT2D eigenvalue weighted by atomic mass is 32.2. The molecular formula is C19H31NO3S. The molecule has 1 aromatic carbocycles. The Morgan fingerprint density at radius 2 is 1.71 bits per heavy atom. The molecular weight excluding hydrogens is 322 g/mol. The average molecular weight is 354 g/mol. The van der Waals surface area contributed by atoms with Gasteiger partial charge in [-0.15, -0.1) is 0 Å². The van der Waals surface area contributed by atoms with E-state index >= 15 is 0 Å². The minimum atomic E-state index is -1.15. The van der Waals surface area contributed by atoms with Gasteiger partial charge < -0.3 is 4.74 Å². The van der Waals surface area contributed by atoms with Crippen molar-refractivity contribution in [3.63, 3.8) is 0 Å². The third-order valence-electron chi connectivity index (χ3n) is 3.80. The number of carbonyl (C=O) groups excluding carboxylic acids is 1. The highest BCUT2D eigenvalue weighted by Crippen LogP contribution is 2.28. The normalized spacial score (nSPS) is 15.2. The molecule has 0 aliphatic heterocycles. The van der Waals surface area contributed by atoms with E-state index in [4.69, 9.17) is 4.74 Å². The predicted octanol–water partition coefficient (Wildman–Crippen LogP) is 4.03. The molecule has 136 valence electrons. The molecule has 0 saturated carbocycles. The number of ether oxygens (including phenoxy) is 1. The van der Waals surface area contributed by atoms with Crippen molar-refractivity contribution >= 4 is 17.0 Å². The maximum Gasteiger partial charge on any atom is 0.316 e. The largest absolute Gasteiger partial charge is 0.462 e. The van der Waals surface area contributed by atoms with Crippen LogP contribution in [0.2, 0.25) is 0 Å². The zero-order chi connectivity index (χ0) is 18.7. The van der Waals surface area contributed by atoms with Crippen LogP contribution in [0.3, 0.4) is 0 Å². The van der Waals surface area contributed by atoms with E-state index in [1.54, 1.807) is 0 Å². The molecule has 1 aromatic rings. The van der Waals surface area contributed by atoms with E-state index in [1.807, 2.05) is 79.7 Å². The molecule has 5 heteroatoms. The second kappa shape index (κ2) is 7.79. The number of rotatable bonds is 6. The Morgan fingerprint density at radius 1 is 1.12 bits per heavy atom. The molecule has 0 aliphatic carbocycles. The molecule has 0 aromatic heterocycles. The lowest BCUT2D eigenvalue weighted by molar-refractivity contribution is -0.153. The maximum atomic E-state index is 12.4. The monoisotopic (exact) mass is 353 g/mol. The van der Waals surface area contributed by atoms with Crippen LogP contribution in [-0.2, 0) is 25.9 Å². The maximum absolute atomic E-state index is 12.4. The fraction of sp³-hybridized carbons (Fsp3) is 0.632. The van der Waals surface area contributed by atoms with Gasteiger partial charge >= 0.3 is 5.97 Å². The Balaban J connectivity index is 3.01. The van der Waals surface area contributed by atoms with Crippen LogP contribution in [-0.4, -0.2) is 21.0 Å². The Kier molecular flexibility index (Phi) is 6.76. The minimum absolute atomic E-state index is 0.0815. The van der Waals surface area contributed by atoms with Crippen LogP contribution >= 0.6 is 0 Å². The van der Waals surface area contributed by atoms with Gasteiger partial charge in [0.05, 0.1) is 27.3 Å². The van der Waals surface area contributed by atoms with E-state index in [2.05, 4.69) is 4.72 Å². The quantitative estimate of drug-likeness (QED) is 0.786. The first-order valence-electron chi connectivity index (χ1n) is 8.35. The zero-order valence-electron chi connectivity index (χ0n) is 16.1. The predicted molar refractivity (Wildman–Crippen MR) is 100 cm³/mol. The molecule has 2 atom stereocenters. The molecule has 0 radical (unpaired) electrons. The smallest absolute Gasteiger partial charge is 0.316 e. The van der Waals surface area contributed by atoms with Crippen molar-refractivity contribution in [3.8, 4) is 0 Å². The molecule has 24 heavy (non-hydrogen) atoms. The molecule has 1 rings (SSSR count). The molecule has 0 aliphatic rings. The van der Waals surface area contributed by atoms with Gasteiger partial charge in [0.25, 0.3) is 0 Å². The summed E-state index contributed by atoms with van der Waals surface area (Å²) in [6.07, 6.45) is -0.144. The molecule has 0 heterocycles. The van der Waals surface area contributed by atoms with Gasteiger partial charge in [0.1, 0.15) is 0 Å². The van der Waals surface area contributed by atoms with Crippen molar-refractivity contribution in [2.45, 2.75) is 77.7 Å². The standard InChI is InChI=1S/C19H31NO3S/c1-13(2)23-17(21)19(7,8)16-11-9-10-15(12-16)14(3)20-24(22)18(4,5)6/h9-14,20H,1-8H3/t14-,24?/m1/s1. The summed E-state index contributed by atoms with van der Waals surface area (Å²) in [5.74, 6) is -0.242. The Hall–Kier alpha value is -1.20. The van der Waals surface area contributed by atoms with E-state index in [-0.39, 0.29) is 22.9 Å². The number of esters is 1. The van der Waals surface area contributed by atoms with Crippen LogP contribution in [0.25, 0.3) is 0 Å². The van der Waals surface area contributed by atoms with Crippen LogP contribution in [0.5, 0.6) is 0 Å². The van der Waals surface area contributed by atoms with Gasteiger partial charge in [0.15, 0.2) is 0 Å². The molecule has 0 fully saturated rings. The van der Waals surface area contributed by atoms with E-state index in [0.717, 1.165) is 11.1 Å². The van der Waals surface area contributed by atoms with Crippen molar-refractivity contribution in [2.24, 2.45) is 0 Å². The highest BCUT2D eigenvalue weighted by Gasteiger charge is 2.32. The topological polar surface area (TPSA) is 55.4 Å². The van der Waals surface area contributed by atoms with Crippen molar-refractivity contribution in [3.05, 3.63) is 35.4 Å². The summed E-state index contributed by atoms with van der Waals surface area (Å²) in [4.78, 5) is 12.4. The van der Waals surface area contributed by atoms with Gasteiger partial charge in [0, 0.05) is 6.04 Å². The average Bonchev–Trinajstić information content (AvgIpc) is 2.45. The third-order valence-corrected chi connectivity index (χ3v) is 5.48. The van der Waals surface area contributed by atoms with Gasteiger partial charge in [-0.2, -0.15) is 0 Å². The van der Waals surface area contributed by atoms with E-state index in [9.17, 15) is 9.00 Å². The molecule has 0 bridgehead atoms. The van der Waals surface area contributed by atoms with Crippen LogP contribution in [0.1, 0.15) is 72.6 Å². The number of carbonyl (C=O) groups is 1. The first-order valence-corrected chi connectivity index (χ1v) is 9.50. The number of hydrogen-bond donors (Lipinski definition) is 1. The van der Waals surface area contributed by atoms with Crippen LogP contribution in [0.4, 0.5) is 0 Å². The molecule has 0 amide bonds. The number of hydrogen-bond acceptors (Lipinski definition) is 3. The van der Waals surface area contributed by atoms with Gasteiger partial charge in [-0.05, 0) is 66.5 Å². The molecule has 4 nitrogen and oxygen atoms in total. The van der Waals surface area contributed by atoms with Gasteiger partial charge in [0.2, 0.25) is 0 Å². The number of benzene rings is 1. The van der Waals surface area contributed by atoms with Crippen molar-refractivity contribution in [1.82, 2.24) is 4.72 Å². The van der Waals surface area contributed by atoms with Gasteiger partial charge in [-0.1, -0.05) is 24.3 Å². The first kappa shape index (κ1) is 20.8. The molecule has 1 unspecified atom stereocenters. The first-order chi connectivity index (χ1) is 10.9. The summed E-state index contributed by atoms with van der Waals surface area (Å²) in [7, 11) is -1.15. The van der Waals surface area contributed by atoms with E-state index in [1.165, 1.54) is 0 Å². The SMILES string of the molecule is CC(C)OC(=O)C(C)(C)c1cccc([C@@H](C)NS(=O)C(C)(C)C)c1. The lowest BCUT2D eigenvalue weighted by Gasteiger charge is -2.26. The lowest BCUT2D eigenvalue weighted by atomic mass is 9.83. The van der Waals surface area contributed by atoms with Crippen LogP contribution < -0.4 is 4.72 Å². The Bertz CT molecular complexity index is 603.